The zero-order valence-electron chi connectivity index (χ0n) is 7.10. The summed E-state index contributed by atoms with van der Waals surface area (Å²) in [6.07, 6.45) is 2.26. The number of hydrogen-bond acceptors (Lipinski definition) is 4. The Hall–Kier alpha value is -0.500. The van der Waals surface area contributed by atoms with E-state index in [1.165, 1.54) is 11.3 Å². The molecule has 0 saturated heterocycles. The van der Waals surface area contributed by atoms with E-state index in [0.717, 1.165) is 5.01 Å². The van der Waals surface area contributed by atoms with Crippen molar-refractivity contribution in [2.75, 3.05) is 0 Å². The molecule has 1 unspecified atom stereocenters. The van der Waals surface area contributed by atoms with Crippen molar-refractivity contribution in [2.24, 2.45) is 5.14 Å². The molecule has 0 spiro atoms. The summed E-state index contributed by atoms with van der Waals surface area (Å²) in [6.45, 7) is 1.87. The van der Waals surface area contributed by atoms with E-state index in [1.54, 1.807) is 11.6 Å². The zero-order chi connectivity index (χ0) is 9.90. The van der Waals surface area contributed by atoms with Gasteiger partial charge in [0.15, 0.2) is 0 Å². The predicted octanol–water partition coefficient (Wildman–Crippen LogP) is 0.387. The van der Waals surface area contributed by atoms with Crippen molar-refractivity contribution in [3.8, 4) is 0 Å². The van der Waals surface area contributed by atoms with Crippen molar-refractivity contribution in [3.63, 3.8) is 0 Å². The van der Waals surface area contributed by atoms with E-state index in [-0.39, 0.29) is 6.04 Å². The molecule has 5 nitrogen and oxygen atoms in total. The minimum absolute atomic E-state index is 0.310. The first-order valence-corrected chi connectivity index (χ1v) is 6.15. The van der Waals surface area contributed by atoms with E-state index < -0.39 is 10.2 Å². The Bertz CT molecular complexity index is 346. The van der Waals surface area contributed by atoms with Crippen LogP contribution >= 0.6 is 11.3 Å². The van der Waals surface area contributed by atoms with Crippen molar-refractivity contribution >= 4 is 21.5 Å². The number of thiazole rings is 1. The first-order chi connectivity index (χ1) is 6.03. The lowest BCUT2D eigenvalue weighted by Crippen LogP contribution is -2.33. The highest BCUT2D eigenvalue weighted by atomic mass is 32.2. The number of rotatable bonds is 4. The first-order valence-electron chi connectivity index (χ1n) is 3.72. The molecule has 1 atom stereocenters. The second kappa shape index (κ2) is 4.14. The summed E-state index contributed by atoms with van der Waals surface area (Å²) in [7, 11) is -3.64. The molecule has 1 heterocycles. The Labute approximate surface area is 81.2 Å². The van der Waals surface area contributed by atoms with Gasteiger partial charge in [0.2, 0.25) is 0 Å². The Morgan fingerprint density at radius 3 is 2.85 bits per heavy atom. The second-order valence-corrected chi connectivity index (χ2v) is 4.75. The maximum Gasteiger partial charge on any atom is 0.275 e. The Kier molecular flexibility index (Phi) is 3.37. The molecule has 0 aliphatic rings. The fourth-order valence-electron chi connectivity index (χ4n) is 0.913. The molecular formula is C6H11N3O2S2. The van der Waals surface area contributed by atoms with Crippen LogP contribution in [-0.4, -0.2) is 13.4 Å². The smallest absolute Gasteiger partial charge is 0.248 e. The maximum absolute atomic E-state index is 10.7. The van der Waals surface area contributed by atoms with Crippen LogP contribution in [0, 0.1) is 0 Å². The number of aromatic nitrogens is 1. The van der Waals surface area contributed by atoms with Crippen molar-refractivity contribution in [1.29, 1.82) is 0 Å². The summed E-state index contributed by atoms with van der Waals surface area (Å²) in [5, 5.41) is 7.38. The fourth-order valence-corrected chi connectivity index (χ4v) is 2.44. The van der Waals surface area contributed by atoms with Gasteiger partial charge in [0.1, 0.15) is 5.01 Å². The van der Waals surface area contributed by atoms with Gasteiger partial charge < -0.3 is 0 Å². The highest BCUT2D eigenvalue weighted by molar-refractivity contribution is 7.87. The Morgan fingerprint density at radius 2 is 2.46 bits per heavy atom. The number of nitrogens with one attached hydrogen (secondary N) is 1. The zero-order valence-corrected chi connectivity index (χ0v) is 8.73. The SMILES string of the molecule is CCC(NS(N)(=O)=O)c1nccs1. The Balaban J connectivity index is 2.76. The first kappa shape index (κ1) is 10.6. The van der Waals surface area contributed by atoms with Crippen LogP contribution in [-0.2, 0) is 10.2 Å². The van der Waals surface area contributed by atoms with Gasteiger partial charge in [-0.1, -0.05) is 6.92 Å². The van der Waals surface area contributed by atoms with E-state index in [9.17, 15) is 8.42 Å². The highest BCUT2D eigenvalue weighted by Crippen LogP contribution is 2.18. The molecule has 1 rings (SSSR count). The predicted molar refractivity (Wildman–Crippen MR) is 51.4 cm³/mol. The molecule has 1 aromatic rings. The van der Waals surface area contributed by atoms with E-state index in [4.69, 9.17) is 5.14 Å². The molecule has 0 aliphatic carbocycles. The molecule has 0 radical (unpaired) electrons. The van der Waals surface area contributed by atoms with Crippen molar-refractivity contribution in [3.05, 3.63) is 16.6 Å². The third kappa shape index (κ3) is 3.39. The molecule has 0 amide bonds. The molecule has 74 valence electrons. The average molecular weight is 221 g/mol. The third-order valence-electron chi connectivity index (χ3n) is 1.46. The van der Waals surface area contributed by atoms with Gasteiger partial charge >= 0.3 is 0 Å². The third-order valence-corrected chi connectivity index (χ3v) is 2.97. The van der Waals surface area contributed by atoms with Gasteiger partial charge in [0.05, 0.1) is 6.04 Å². The van der Waals surface area contributed by atoms with Gasteiger partial charge in [-0.15, -0.1) is 11.3 Å². The molecule has 0 saturated carbocycles. The molecule has 13 heavy (non-hydrogen) atoms. The average Bonchev–Trinajstić information content (AvgIpc) is 2.50. The van der Waals surface area contributed by atoms with Crippen LogP contribution in [0.25, 0.3) is 0 Å². The summed E-state index contributed by atoms with van der Waals surface area (Å²) >= 11 is 1.40. The Morgan fingerprint density at radius 1 is 1.77 bits per heavy atom. The molecule has 1 aromatic heterocycles. The monoisotopic (exact) mass is 221 g/mol. The molecule has 0 fully saturated rings. The lowest BCUT2D eigenvalue weighted by atomic mass is 10.3. The minimum atomic E-state index is -3.64. The van der Waals surface area contributed by atoms with Gasteiger partial charge in [0.25, 0.3) is 10.2 Å². The van der Waals surface area contributed by atoms with Crippen LogP contribution in [0.15, 0.2) is 11.6 Å². The van der Waals surface area contributed by atoms with E-state index in [1.807, 2.05) is 6.92 Å². The van der Waals surface area contributed by atoms with Crippen LogP contribution in [0.1, 0.15) is 24.4 Å². The van der Waals surface area contributed by atoms with Gasteiger partial charge in [-0.25, -0.2) is 10.1 Å². The molecule has 0 bridgehead atoms. The lowest BCUT2D eigenvalue weighted by Gasteiger charge is -2.11. The van der Waals surface area contributed by atoms with Crippen LogP contribution < -0.4 is 9.86 Å². The number of nitrogens with two attached hydrogens (primary N) is 1. The largest absolute Gasteiger partial charge is 0.275 e. The molecule has 7 heteroatoms. The number of hydrogen-bond donors (Lipinski definition) is 2. The second-order valence-electron chi connectivity index (χ2n) is 2.49. The lowest BCUT2D eigenvalue weighted by molar-refractivity contribution is 0.550. The minimum Gasteiger partial charge on any atom is -0.248 e. The maximum atomic E-state index is 10.7. The topological polar surface area (TPSA) is 85.1 Å². The van der Waals surface area contributed by atoms with Crippen LogP contribution in [0.2, 0.25) is 0 Å². The molecule has 3 N–H and O–H groups in total. The summed E-state index contributed by atoms with van der Waals surface area (Å²) in [5.41, 5.74) is 0. The fraction of sp³-hybridized carbons (Fsp3) is 0.500. The van der Waals surface area contributed by atoms with Gasteiger partial charge in [-0.2, -0.15) is 13.1 Å². The van der Waals surface area contributed by atoms with E-state index >= 15 is 0 Å². The quantitative estimate of drug-likeness (QED) is 0.771. The molecular weight excluding hydrogens is 210 g/mol. The van der Waals surface area contributed by atoms with Crippen molar-refractivity contribution < 1.29 is 8.42 Å². The van der Waals surface area contributed by atoms with E-state index in [2.05, 4.69) is 9.71 Å². The summed E-state index contributed by atoms with van der Waals surface area (Å²) in [5.74, 6) is 0. The van der Waals surface area contributed by atoms with Gasteiger partial charge in [-0.05, 0) is 6.42 Å². The van der Waals surface area contributed by atoms with Gasteiger partial charge in [-0.3, -0.25) is 0 Å². The highest BCUT2D eigenvalue weighted by Gasteiger charge is 2.16. The number of nitrogens with zero attached hydrogens (tertiary/aromatic N) is 1. The summed E-state index contributed by atoms with van der Waals surface area (Å²) < 4.78 is 23.8. The van der Waals surface area contributed by atoms with E-state index in [0.29, 0.717) is 6.42 Å². The van der Waals surface area contributed by atoms with Gasteiger partial charge in [0, 0.05) is 11.6 Å². The summed E-state index contributed by atoms with van der Waals surface area (Å²) in [6, 6.07) is -0.310. The van der Waals surface area contributed by atoms with Crippen molar-refractivity contribution in [2.45, 2.75) is 19.4 Å². The van der Waals surface area contributed by atoms with Crippen LogP contribution in [0.4, 0.5) is 0 Å². The normalized spacial score (nSPS) is 14.3. The molecule has 0 aromatic carbocycles. The molecule has 0 aliphatic heterocycles. The van der Waals surface area contributed by atoms with Crippen LogP contribution in [0.5, 0.6) is 0 Å². The van der Waals surface area contributed by atoms with Crippen LogP contribution in [0.3, 0.4) is 0 Å². The standard InChI is InChI=1S/C6H11N3O2S2/c1-2-5(9-13(7,10)11)6-8-3-4-12-6/h3-5,9H,2H2,1H3,(H2,7,10,11). The summed E-state index contributed by atoms with van der Waals surface area (Å²) in [4.78, 5) is 4.01. The van der Waals surface area contributed by atoms with Crippen molar-refractivity contribution in [1.82, 2.24) is 9.71 Å².